The van der Waals surface area contributed by atoms with Gasteiger partial charge in [-0.2, -0.15) is 0 Å². The molecule has 0 radical (unpaired) electrons. The SMILES string of the molecule is C=C/C=c1\c(=C\c2cc(N(c3ccc(C(/C=C\CC)=C/C)cc3)c3cccc4ccccc34)ccc2-c2cccc3c4c(sc23)C=CCC4)sc2ccccc12.CC. The van der Waals surface area contributed by atoms with Gasteiger partial charge in [0.2, 0.25) is 0 Å². The maximum absolute atomic E-state index is 4.11. The summed E-state index contributed by atoms with van der Waals surface area (Å²) in [7, 11) is 0. The van der Waals surface area contributed by atoms with Crippen LogP contribution in [-0.4, -0.2) is 0 Å². The van der Waals surface area contributed by atoms with Crippen LogP contribution in [0.5, 0.6) is 0 Å². The Morgan fingerprint density at radius 2 is 1.50 bits per heavy atom. The topological polar surface area (TPSA) is 3.24 Å². The average Bonchev–Trinajstić information content (AvgIpc) is 3.83. The van der Waals surface area contributed by atoms with Gasteiger partial charge in [0, 0.05) is 51.7 Å². The lowest BCUT2D eigenvalue weighted by Gasteiger charge is -2.28. The summed E-state index contributed by atoms with van der Waals surface area (Å²) in [5.41, 5.74) is 11.0. The number of allylic oxidation sites excluding steroid dienone is 6. The third kappa shape index (κ3) is 7.44. The highest BCUT2D eigenvalue weighted by molar-refractivity contribution is 7.20. The normalized spacial score (nSPS) is 13.3. The Labute approximate surface area is 351 Å². The van der Waals surface area contributed by atoms with Crippen molar-refractivity contribution in [2.45, 2.75) is 47.0 Å². The lowest BCUT2D eigenvalue weighted by molar-refractivity contribution is 1.01. The summed E-state index contributed by atoms with van der Waals surface area (Å²) in [6.07, 6.45) is 21.0. The van der Waals surface area contributed by atoms with E-state index in [-0.39, 0.29) is 0 Å². The zero-order valence-electron chi connectivity index (χ0n) is 33.8. The van der Waals surface area contributed by atoms with Crippen LogP contribution in [0.2, 0.25) is 0 Å². The lowest BCUT2D eigenvalue weighted by Crippen LogP contribution is -2.18. The van der Waals surface area contributed by atoms with Crippen LogP contribution in [0.15, 0.2) is 164 Å². The molecule has 0 saturated heterocycles. The molecule has 1 aliphatic rings. The van der Waals surface area contributed by atoms with Crippen molar-refractivity contribution in [3.05, 3.63) is 196 Å². The highest BCUT2D eigenvalue weighted by Gasteiger charge is 2.20. The molecular weight excluding hydrogens is 739 g/mol. The predicted molar refractivity (Wildman–Crippen MR) is 261 cm³/mol. The Morgan fingerprint density at radius 1 is 0.759 bits per heavy atom. The second-order valence-corrected chi connectivity index (χ2v) is 16.3. The summed E-state index contributed by atoms with van der Waals surface area (Å²) in [5, 5.41) is 6.28. The largest absolute Gasteiger partial charge is 0.310 e. The van der Waals surface area contributed by atoms with Crippen LogP contribution in [-0.2, 0) is 6.42 Å². The van der Waals surface area contributed by atoms with E-state index in [2.05, 4.69) is 195 Å². The minimum atomic E-state index is 1.01. The number of benzene rings is 6. The van der Waals surface area contributed by atoms with Crippen molar-refractivity contribution in [2.75, 3.05) is 4.90 Å². The summed E-state index contributed by atoms with van der Waals surface area (Å²) in [6, 6.07) is 47.1. The molecule has 1 nitrogen and oxygen atoms in total. The Hall–Kier alpha value is -6.00. The summed E-state index contributed by atoms with van der Waals surface area (Å²) in [5.74, 6) is 0. The first kappa shape index (κ1) is 38.9. The highest BCUT2D eigenvalue weighted by atomic mass is 32.1. The Balaban J connectivity index is 0.00000231. The van der Waals surface area contributed by atoms with Gasteiger partial charge in [-0.25, -0.2) is 0 Å². The number of fused-ring (bicyclic) bond motifs is 5. The van der Waals surface area contributed by atoms with Gasteiger partial charge in [-0.15, -0.1) is 22.7 Å². The van der Waals surface area contributed by atoms with Gasteiger partial charge in [0.1, 0.15) is 0 Å². The Morgan fingerprint density at radius 3 is 2.31 bits per heavy atom. The number of anilines is 3. The fourth-order valence-corrected chi connectivity index (χ4v) is 10.6. The van der Waals surface area contributed by atoms with Gasteiger partial charge in [0.05, 0.1) is 5.69 Å². The molecule has 0 atom stereocenters. The number of rotatable bonds is 9. The molecule has 9 rings (SSSR count). The van der Waals surface area contributed by atoms with Crippen LogP contribution >= 0.6 is 22.7 Å². The van der Waals surface area contributed by atoms with Crippen molar-refractivity contribution in [1.82, 2.24) is 0 Å². The Bertz CT molecular complexity index is 2980. The van der Waals surface area contributed by atoms with E-state index in [0.29, 0.717) is 0 Å². The van der Waals surface area contributed by atoms with Gasteiger partial charge >= 0.3 is 0 Å². The van der Waals surface area contributed by atoms with Crippen LogP contribution in [0, 0.1) is 0 Å². The summed E-state index contributed by atoms with van der Waals surface area (Å²) >= 11 is 3.77. The second-order valence-electron chi connectivity index (χ2n) is 14.2. The van der Waals surface area contributed by atoms with E-state index in [1.54, 1.807) is 0 Å². The van der Waals surface area contributed by atoms with E-state index in [9.17, 15) is 0 Å². The van der Waals surface area contributed by atoms with Crippen LogP contribution < -0.4 is 14.7 Å². The molecule has 0 N–H and O–H groups in total. The second kappa shape index (κ2) is 17.6. The average molecular weight is 788 g/mol. The van der Waals surface area contributed by atoms with Gasteiger partial charge < -0.3 is 4.90 Å². The number of thiophene rings is 2. The van der Waals surface area contributed by atoms with E-state index in [1.165, 1.54) is 79.0 Å². The molecule has 2 heterocycles. The standard InChI is InChI=1S/C53H43NS2.C2H6/c1-4-7-17-36(6-3)37-28-30-40(31-29-37)54(49-25-14-19-38-18-8-9-20-43(38)49)41-32-33-42(47-23-15-24-48-46-22-11-13-27-51(46)56-53(47)48)39(34-41)35-52-44(16-5-2)45-21-10-12-26-50(45)55-52;1-2/h5-10,12-21,23-35H,2,4,11,22H2,1,3H3;1-2H3/b17-7-,36-6+,44-16-,52-35-;. The predicted octanol–water partition coefficient (Wildman–Crippen LogP) is 15.6. The fourth-order valence-electron chi connectivity index (χ4n) is 8.13. The lowest BCUT2D eigenvalue weighted by atomic mass is 9.94. The van der Waals surface area contributed by atoms with Crippen molar-refractivity contribution >= 4 is 94.5 Å². The van der Waals surface area contributed by atoms with Gasteiger partial charge in [-0.05, 0) is 113 Å². The minimum absolute atomic E-state index is 1.01. The first-order valence-corrected chi connectivity index (χ1v) is 22.2. The molecule has 286 valence electrons. The number of aryl methyl sites for hydroxylation is 1. The van der Waals surface area contributed by atoms with Crippen LogP contribution in [0.1, 0.15) is 62.1 Å². The van der Waals surface area contributed by atoms with E-state index in [0.717, 1.165) is 36.3 Å². The molecule has 0 fully saturated rings. The van der Waals surface area contributed by atoms with Gasteiger partial charge in [-0.1, -0.05) is 155 Å². The van der Waals surface area contributed by atoms with Crippen molar-refractivity contribution in [3.63, 3.8) is 0 Å². The van der Waals surface area contributed by atoms with Gasteiger partial charge in [-0.3, -0.25) is 0 Å². The smallest absolute Gasteiger partial charge is 0.0540 e. The van der Waals surface area contributed by atoms with Crippen molar-refractivity contribution in [2.24, 2.45) is 0 Å². The van der Waals surface area contributed by atoms with Crippen molar-refractivity contribution in [3.8, 4) is 11.1 Å². The molecule has 6 aromatic carbocycles. The van der Waals surface area contributed by atoms with Crippen molar-refractivity contribution in [1.29, 1.82) is 0 Å². The minimum Gasteiger partial charge on any atom is -0.310 e. The molecule has 0 saturated carbocycles. The summed E-state index contributed by atoms with van der Waals surface area (Å²) in [6.45, 7) is 12.4. The van der Waals surface area contributed by atoms with Crippen LogP contribution in [0.25, 0.3) is 65.9 Å². The molecule has 0 amide bonds. The molecule has 3 heteroatoms. The molecule has 58 heavy (non-hydrogen) atoms. The molecule has 0 aliphatic heterocycles. The Kier molecular flexibility index (Phi) is 11.8. The first-order valence-electron chi connectivity index (χ1n) is 20.5. The third-order valence-corrected chi connectivity index (χ3v) is 13.2. The van der Waals surface area contributed by atoms with Crippen molar-refractivity contribution < 1.29 is 0 Å². The van der Waals surface area contributed by atoms with Crippen LogP contribution in [0.4, 0.5) is 17.1 Å². The third-order valence-electron chi connectivity index (χ3n) is 10.8. The molecule has 0 unspecified atom stereocenters. The zero-order chi connectivity index (χ0) is 40.0. The molecule has 1 aliphatic carbocycles. The van der Waals surface area contributed by atoms with Gasteiger partial charge in [0.15, 0.2) is 0 Å². The summed E-state index contributed by atoms with van der Waals surface area (Å²) < 4.78 is 3.86. The van der Waals surface area contributed by atoms with Gasteiger partial charge in [0.25, 0.3) is 0 Å². The number of hydrogen-bond acceptors (Lipinski definition) is 3. The van der Waals surface area contributed by atoms with Crippen LogP contribution in [0.3, 0.4) is 0 Å². The molecule has 8 aromatic rings. The maximum atomic E-state index is 4.11. The highest BCUT2D eigenvalue weighted by Crippen LogP contribution is 2.45. The van der Waals surface area contributed by atoms with E-state index < -0.39 is 0 Å². The molecule has 0 spiro atoms. The summed E-state index contributed by atoms with van der Waals surface area (Å²) in [4.78, 5) is 3.83. The van der Waals surface area contributed by atoms with E-state index in [1.807, 2.05) is 42.6 Å². The molecule has 0 bridgehead atoms. The quantitative estimate of drug-likeness (QED) is 0.132. The van der Waals surface area contributed by atoms with E-state index >= 15 is 0 Å². The number of nitrogens with zero attached hydrogens (tertiary/aromatic N) is 1. The maximum Gasteiger partial charge on any atom is 0.0540 e. The van der Waals surface area contributed by atoms with E-state index in [4.69, 9.17) is 0 Å². The molecular formula is C55H49NS2. The first-order chi connectivity index (χ1) is 28.6. The zero-order valence-corrected chi connectivity index (χ0v) is 35.5. The molecule has 2 aromatic heterocycles. The number of hydrogen-bond donors (Lipinski definition) is 0. The monoisotopic (exact) mass is 787 g/mol. The fraction of sp³-hybridized carbons (Fsp3) is 0.127.